The molecule has 1 amide bonds. The Bertz CT molecular complexity index is 679. The highest BCUT2D eigenvalue weighted by atomic mass is 16.5. The van der Waals surface area contributed by atoms with E-state index in [9.17, 15) is 14.4 Å². The van der Waals surface area contributed by atoms with E-state index in [1.807, 2.05) is 0 Å². The first-order valence-electron chi connectivity index (χ1n) is 6.80. The van der Waals surface area contributed by atoms with E-state index in [4.69, 9.17) is 4.74 Å². The zero-order valence-corrected chi connectivity index (χ0v) is 11.8. The first kappa shape index (κ1) is 13.7. The number of esters is 1. The number of pyridine rings is 1. The average molecular weight is 292 g/mol. The van der Waals surface area contributed by atoms with Crippen LogP contribution in [0.25, 0.3) is 0 Å². The SMILES string of the molecule is COC(=O)c1cn2c(c(OC)c1=O)C(=O)N[C@@H]1CCC[C@H]12. The molecule has 1 fully saturated rings. The molecule has 21 heavy (non-hydrogen) atoms. The van der Waals surface area contributed by atoms with E-state index in [-0.39, 0.29) is 35.0 Å². The molecule has 0 unspecified atom stereocenters. The molecule has 1 aromatic heterocycles. The van der Waals surface area contributed by atoms with Crippen molar-refractivity contribution in [3.05, 3.63) is 27.7 Å². The Morgan fingerprint density at radius 1 is 1.33 bits per heavy atom. The van der Waals surface area contributed by atoms with Crippen molar-refractivity contribution in [2.75, 3.05) is 14.2 Å². The van der Waals surface area contributed by atoms with Gasteiger partial charge in [-0.3, -0.25) is 9.59 Å². The molecular weight excluding hydrogens is 276 g/mol. The highest BCUT2D eigenvalue weighted by Crippen LogP contribution is 2.36. The van der Waals surface area contributed by atoms with Crippen LogP contribution in [0.5, 0.6) is 5.75 Å². The van der Waals surface area contributed by atoms with Crippen LogP contribution in [0.3, 0.4) is 0 Å². The van der Waals surface area contributed by atoms with Crippen LogP contribution in [0.2, 0.25) is 0 Å². The van der Waals surface area contributed by atoms with Gasteiger partial charge >= 0.3 is 5.97 Å². The molecule has 7 heteroatoms. The fourth-order valence-corrected chi connectivity index (χ4v) is 3.21. The summed E-state index contributed by atoms with van der Waals surface area (Å²) in [6.07, 6.45) is 4.17. The van der Waals surface area contributed by atoms with E-state index in [1.165, 1.54) is 20.4 Å². The molecule has 3 rings (SSSR count). The molecule has 1 aromatic rings. The minimum atomic E-state index is -0.728. The van der Waals surface area contributed by atoms with E-state index in [0.717, 1.165) is 19.3 Å². The second kappa shape index (κ2) is 4.91. The number of fused-ring (bicyclic) bond motifs is 3. The number of carbonyl (C=O) groups excluding carboxylic acids is 2. The van der Waals surface area contributed by atoms with Gasteiger partial charge in [0.25, 0.3) is 5.91 Å². The van der Waals surface area contributed by atoms with Gasteiger partial charge in [0.15, 0.2) is 11.4 Å². The van der Waals surface area contributed by atoms with E-state index in [2.05, 4.69) is 10.1 Å². The highest BCUT2D eigenvalue weighted by molar-refractivity contribution is 5.98. The van der Waals surface area contributed by atoms with Gasteiger partial charge in [-0.25, -0.2) is 4.79 Å². The van der Waals surface area contributed by atoms with Crippen LogP contribution in [0, 0.1) is 0 Å². The van der Waals surface area contributed by atoms with Gasteiger partial charge in [-0.15, -0.1) is 0 Å². The van der Waals surface area contributed by atoms with Crippen LogP contribution in [0.4, 0.5) is 0 Å². The van der Waals surface area contributed by atoms with E-state index >= 15 is 0 Å². The van der Waals surface area contributed by atoms with Crippen LogP contribution in [-0.2, 0) is 4.74 Å². The second-order valence-corrected chi connectivity index (χ2v) is 5.23. The fourth-order valence-electron chi connectivity index (χ4n) is 3.21. The van der Waals surface area contributed by atoms with Crippen molar-refractivity contribution in [1.82, 2.24) is 9.88 Å². The molecule has 2 atom stereocenters. The number of aromatic nitrogens is 1. The Labute approximate surface area is 120 Å². The lowest BCUT2D eigenvalue weighted by atomic mass is 10.0. The normalized spacial score (nSPS) is 23.0. The molecule has 0 bridgehead atoms. The Morgan fingerprint density at radius 2 is 2.10 bits per heavy atom. The minimum absolute atomic E-state index is 0.0303. The summed E-state index contributed by atoms with van der Waals surface area (Å²) in [7, 11) is 2.52. The van der Waals surface area contributed by atoms with Crippen LogP contribution in [-0.4, -0.2) is 36.7 Å². The maximum atomic E-state index is 12.3. The molecule has 1 saturated carbocycles. The summed E-state index contributed by atoms with van der Waals surface area (Å²) in [6, 6.07) is 0.0679. The number of hydrogen-bond donors (Lipinski definition) is 1. The lowest BCUT2D eigenvalue weighted by Crippen LogP contribution is -2.47. The van der Waals surface area contributed by atoms with Crippen LogP contribution < -0.4 is 15.5 Å². The summed E-state index contributed by atoms with van der Waals surface area (Å²) in [5, 5.41) is 2.90. The Balaban J connectivity index is 2.27. The summed E-state index contributed by atoms with van der Waals surface area (Å²) in [6.45, 7) is 0. The summed E-state index contributed by atoms with van der Waals surface area (Å²) in [4.78, 5) is 36.3. The maximum Gasteiger partial charge on any atom is 0.343 e. The second-order valence-electron chi connectivity index (χ2n) is 5.23. The quantitative estimate of drug-likeness (QED) is 0.801. The summed E-state index contributed by atoms with van der Waals surface area (Å²) in [5.74, 6) is -1.18. The topological polar surface area (TPSA) is 86.6 Å². The van der Waals surface area contributed by atoms with Crippen molar-refractivity contribution in [2.45, 2.75) is 31.3 Å². The molecule has 7 nitrogen and oxygen atoms in total. The molecule has 1 aliphatic carbocycles. The zero-order valence-electron chi connectivity index (χ0n) is 11.8. The van der Waals surface area contributed by atoms with Crippen molar-refractivity contribution in [2.24, 2.45) is 0 Å². The van der Waals surface area contributed by atoms with Crippen molar-refractivity contribution < 1.29 is 19.1 Å². The third-order valence-corrected chi connectivity index (χ3v) is 4.17. The molecule has 112 valence electrons. The summed E-state index contributed by atoms with van der Waals surface area (Å²) >= 11 is 0. The Kier molecular flexibility index (Phi) is 3.19. The summed E-state index contributed by atoms with van der Waals surface area (Å²) < 4.78 is 11.4. The van der Waals surface area contributed by atoms with Gasteiger partial charge in [0.2, 0.25) is 5.43 Å². The molecule has 1 N–H and O–H groups in total. The molecule has 2 aliphatic rings. The number of rotatable bonds is 2. The van der Waals surface area contributed by atoms with Crippen LogP contribution in [0.15, 0.2) is 11.0 Å². The largest absolute Gasteiger partial charge is 0.491 e. The predicted molar refractivity (Wildman–Crippen MR) is 72.7 cm³/mol. The smallest absolute Gasteiger partial charge is 0.343 e. The van der Waals surface area contributed by atoms with Crippen molar-refractivity contribution in [3.8, 4) is 5.75 Å². The minimum Gasteiger partial charge on any atom is -0.491 e. The Hall–Kier alpha value is -2.31. The van der Waals surface area contributed by atoms with E-state index < -0.39 is 11.4 Å². The lowest BCUT2D eigenvalue weighted by molar-refractivity contribution is 0.0595. The number of ether oxygens (including phenoxy) is 2. The number of nitrogens with one attached hydrogen (secondary N) is 1. The third kappa shape index (κ3) is 1.91. The number of methoxy groups -OCH3 is 2. The van der Waals surface area contributed by atoms with Gasteiger partial charge < -0.3 is 19.4 Å². The number of amides is 1. The van der Waals surface area contributed by atoms with Gasteiger partial charge in [0.1, 0.15) is 5.56 Å². The van der Waals surface area contributed by atoms with Crippen molar-refractivity contribution >= 4 is 11.9 Å². The number of carbonyl (C=O) groups is 2. The summed E-state index contributed by atoms with van der Waals surface area (Å²) in [5.41, 5.74) is -0.557. The molecule has 0 saturated heterocycles. The molecule has 2 heterocycles. The molecular formula is C14H16N2O5. The van der Waals surface area contributed by atoms with E-state index in [1.54, 1.807) is 4.57 Å². The molecule has 0 radical (unpaired) electrons. The van der Waals surface area contributed by atoms with E-state index in [0.29, 0.717) is 0 Å². The number of nitrogens with zero attached hydrogens (tertiary/aromatic N) is 1. The third-order valence-electron chi connectivity index (χ3n) is 4.17. The van der Waals surface area contributed by atoms with Gasteiger partial charge in [0, 0.05) is 12.2 Å². The fraction of sp³-hybridized carbons (Fsp3) is 0.500. The van der Waals surface area contributed by atoms with Crippen LogP contribution in [0.1, 0.15) is 46.2 Å². The first-order chi connectivity index (χ1) is 10.1. The maximum absolute atomic E-state index is 12.3. The van der Waals surface area contributed by atoms with Gasteiger partial charge in [-0.1, -0.05) is 0 Å². The van der Waals surface area contributed by atoms with Gasteiger partial charge in [-0.2, -0.15) is 0 Å². The average Bonchev–Trinajstić information content (AvgIpc) is 2.94. The molecule has 1 aliphatic heterocycles. The number of hydrogen-bond acceptors (Lipinski definition) is 5. The Morgan fingerprint density at radius 3 is 2.76 bits per heavy atom. The van der Waals surface area contributed by atoms with Crippen molar-refractivity contribution in [3.63, 3.8) is 0 Å². The van der Waals surface area contributed by atoms with Gasteiger partial charge in [-0.05, 0) is 19.3 Å². The molecule has 0 spiro atoms. The molecule has 0 aromatic carbocycles. The van der Waals surface area contributed by atoms with Crippen LogP contribution >= 0.6 is 0 Å². The first-order valence-corrected chi connectivity index (χ1v) is 6.80. The van der Waals surface area contributed by atoms with Crippen molar-refractivity contribution in [1.29, 1.82) is 0 Å². The van der Waals surface area contributed by atoms with Gasteiger partial charge in [0.05, 0.1) is 20.3 Å². The lowest BCUT2D eigenvalue weighted by Gasteiger charge is -2.32. The zero-order chi connectivity index (χ0) is 15.1. The standard InChI is InChI=1S/C14H16N2O5/c1-20-12-10-13(18)15-8-4-3-5-9(8)16(10)6-7(11(12)17)14(19)21-2/h6,8-9H,3-5H2,1-2H3,(H,15,18)/t8-,9-/m1/s1. The predicted octanol–water partition coefficient (Wildman–Crippen LogP) is 0.480. The monoisotopic (exact) mass is 292 g/mol. The highest BCUT2D eigenvalue weighted by Gasteiger charge is 2.39.